The summed E-state index contributed by atoms with van der Waals surface area (Å²) >= 11 is 6.04. The number of ether oxygens (including phenoxy) is 2. The number of benzene rings is 2. The zero-order valence-corrected chi connectivity index (χ0v) is 12.8. The fourth-order valence-electron chi connectivity index (χ4n) is 1.94. The van der Waals surface area contributed by atoms with E-state index in [-0.39, 0.29) is 5.91 Å². The van der Waals surface area contributed by atoms with Crippen LogP contribution in [0.15, 0.2) is 36.4 Å². The average Bonchev–Trinajstić information content (AvgIpc) is 2.47. The first-order valence-electron chi connectivity index (χ1n) is 6.34. The monoisotopic (exact) mass is 305 g/mol. The summed E-state index contributed by atoms with van der Waals surface area (Å²) in [4.78, 5) is 12.3. The van der Waals surface area contributed by atoms with Gasteiger partial charge in [-0.05, 0) is 37.3 Å². The first kappa shape index (κ1) is 15.2. The van der Waals surface area contributed by atoms with Gasteiger partial charge in [-0.15, -0.1) is 0 Å². The lowest BCUT2D eigenvalue weighted by atomic mass is 10.1. The van der Waals surface area contributed by atoms with Gasteiger partial charge in [0.1, 0.15) is 11.5 Å². The minimum Gasteiger partial charge on any atom is -0.496 e. The summed E-state index contributed by atoms with van der Waals surface area (Å²) in [7, 11) is 3.07. The van der Waals surface area contributed by atoms with E-state index in [1.165, 1.54) is 14.2 Å². The van der Waals surface area contributed by atoms with Crippen LogP contribution >= 0.6 is 11.6 Å². The predicted molar refractivity (Wildman–Crippen MR) is 83.7 cm³/mol. The van der Waals surface area contributed by atoms with Gasteiger partial charge in [-0.25, -0.2) is 0 Å². The van der Waals surface area contributed by atoms with Gasteiger partial charge in [0.05, 0.1) is 24.8 Å². The van der Waals surface area contributed by atoms with E-state index in [4.69, 9.17) is 21.1 Å². The summed E-state index contributed by atoms with van der Waals surface area (Å²) in [6, 6.07) is 10.5. The summed E-state index contributed by atoms with van der Waals surface area (Å²) in [6.45, 7) is 1.92. The van der Waals surface area contributed by atoms with Gasteiger partial charge in [0.15, 0.2) is 0 Å². The third-order valence-electron chi connectivity index (χ3n) is 3.01. The van der Waals surface area contributed by atoms with E-state index < -0.39 is 0 Å². The molecule has 0 aromatic heterocycles. The molecule has 21 heavy (non-hydrogen) atoms. The number of methoxy groups -OCH3 is 2. The molecule has 4 nitrogen and oxygen atoms in total. The number of hydrogen-bond acceptors (Lipinski definition) is 3. The van der Waals surface area contributed by atoms with Crippen LogP contribution in [0.25, 0.3) is 0 Å². The molecule has 0 heterocycles. The number of aryl methyl sites for hydroxylation is 1. The van der Waals surface area contributed by atoms with Crippen molar-refractivity contribution in [3.05, 3.63) is 52.5 Å². The number of halogens is 1. The SMILES string of the molecule is COc1ccc(NC(=O)c2cc(C)ccc2OC)cc1Cl. The number of anilines is 1. The molecular weight excluding hydrogens is 290 g/mol. The zero-order valence-electron chi connectivity index (χ0n) is 12.1. The number of hydrogen-bond donors (Lipinski definition) is 1. The van der Waals surface area contributed by atoms with Crippen LogP contribution in [0.2, 0.25) is 5.02 Å². The highest BCUT2D eigenvalue weighted by Crippen LogP contribution is 2.28. The molecule has 0 saturated carbocycles. The molecule has 0 saturated heterocycles. The molecule has 110 valence electrons. The maximum atomic E-state index is 12.3. The minimum absolute atomic E-state index is 0.253. The number of carbonyl (C=O) groups is 1. The lowest BCUT2D eigenvalue weighted by Crippen LogP contribution is -2.13. The molecule has 1 N–H and O–H groups in total. The van der Waals surface area contributed by atoms with E-state index in [1.54, 1.807) is 30.3 Å². The van der Waals surface area contributed by atoms with E-state index in [9.17, 15) is 4.79 Å². The van der Waals surface area contributed by atoms with E-state index in [0.717, 1.165) is 5.56 Å². The highest BCUT2D eigenvalue weighted by molar-refractivity contribution is 6.32. The molecule has 0 fully saturated rings. The molecule has 0 aliphatic carbocycles. The lowest BCUT2D eigenvalue weighted by Gasteiger charge is -2.11. The molecule has 1 amide bonds. The van der Waals surface area contributed by atoms with E-state index in [0.29, 0.717) is 27.8 Å². The second kappa shape index (κ2) is 6.50. The minimum atomic E-state index is -0.253. The fraction of sp³-hybridized carbons (Fsp3) is 0.188. The van der Waals surface area contributed by atoms with Crippen molar-refractivity contribution < 1.29 is 14.3 Å². The van der Waals surface area contributed by atoms with Crippen molar-refractivity contribution in [3.63, 3.8) is 0 Å². The van der Waals surface area contributed by atoms with Crippen LogP contribution in [0.3, 0.4) is 0 Å². The van der Waals surface area contributed by atoms with Crippen LogP contribution in [0.1, 0.15) is 15.9 Å². The maximum absolute atomic E-state index is 12.3. The third-order valence-corrected chi connectivity index (χ3v) is 3.30. The van der Waals surface area contributed by atoms with E-state index in [1.807, 2.05) is 13.0 Å². The van der Waals surface area contributed by atoms with Crippen molar-refractivity contribution in [1.29, 1.82) is 0 Å². The number of rotatable bonds is 4. The third kappa shape index (κ3) is 3.47. The summed E-state index contributed by atoms with van der Waals surface area (Å²) in [6.07, 6.45) is 0. The van der Waals surface area contributed by atoms with Crippen molar-refractivity contribution >= 4 is 23.2 Å². The Labute approximate surface area is 128 Å². The fourth-order valence-corrected chi connectivity index (χ4v) is 2.20. The van der Waals surface area contributed by atoms with Crippen LogP contribution in [0.4, 0.5) is 5.69 Å². The largest absolute Gasteiger partial charge is 0.496 e. The van der Waals surface area contributed by atoms with Gasteiger partial charge >= 0.3 is 0 Å². The Kier molecular flexibility index (Phi) is 4.70. The molecule has 0 aliphatic rings. The van der Waals surface area contributed by atoms with Gasteiger partial charge in [0, 0.05) is 5.69 Å². The normalized spacial score (nSPS) is 10.1. The predicted octanol–water partition coefficient (Wildman–Crippen LogP) is 3.92. The standard InChI is InChI=1S/C16H16ClNO3/c1-10-4-6-14(20-2)12(8-10)16(19)18-11-5-7-15(21-3)13(17)9-11/h4-9H,1-3H3,(H,18,19). The van der Waals surface area contributed by atoms with Crippen molar-refractivity contribution in [2.45, 2.75) is 6.92 Å². The Hall–Kier alpha value is -2.20. The molecule has 0 unspecified atom stereocenters. The van der Waals surface area contributed by atoms with E-state index >= 15 is 0 Å². The molecular formula is C16H16ClNO3. The Balaban J connectivity index is 2.26. The van der Waals surface area contributed by atoms with Crippen molar-refractivity contribution in [2.75, 3.05) is 19.5 Å². The number of nitrogens with one attached hydrogen (secondary N) is 1. The molecule has 0 aliphatic heterocycles. The van der Waals surface area contributed by atoms with Crippen LogP contribution < -0.4 is 14.8 Å². The first-order chi connectivity index (χ1) is 10.0. The van der Waals surface area contributed by atoms with Crippen LogP contribution in [0, 0.1) is 6.92 Å². The first-order valence-corrected chi connectivity index (χ1v) is 6.72. The van der Waals surface area contributed by atoms with Gasteiger partial charge < -0.3 is 14.8 Å². The van der Waals surface area contributed by atoms with Crippen molar-refractivity contribution in [3.8, 4) is 11.5 Å². The van der Waals surface area contributed by atoms with Crippen molar-refractivity contribution in [1.82, 2.24) is 0 Å². The second-order valence-electron chi connectivity index (χ2n) is 4.51. The molecule has 5 heteroatoms. The molecule has 2 rings (SSSR count). The number of carbonyl (C=O) groups excluding carboxylic acids is 1. The average molecular weight is 306 g/mol. The lowest BCUT2D eigenvalue weighted by molar-refractivity contribution is 0.102. The highest BCUT2D eigenvalue weighted by Gasteiger charge is 2.13. The maximum Gasteiger partial charge on any atom is 0.259 e. The van der Waals surface area contributed by atoms with Gasteiger partial charge in [0.2, 0.25) is 0 Å². The Morgan fingerprint density at radius 1 is 1.05 bits per heavy atom. The summed E-state index contributed by atoms with van der Waals surface area (Å²) in [5, 5.41) is 3.23. The molecule has 0 bridgehead atoms. The Morgan fingerprint density at radius 2 is 1.71 bits per heavy atom. The van der Waals surface area contributed by atoms with Gasteiger partial charge in [-0.2, -0.15) is 0 Å². The van der Waals surface area contributed by atoms with Crippen LogP contribution in [-0.2, 0) is 0 Å². The zero-order chi connectivity index (χ0) is 15.4. The summed E-state index contributed by atoms with van der Waals surface area (Å²) in [5.41, 5.74) is 2.05. The van der Waals surface area contributed by atoms with Crippen LogP contribution in [0.5, 0.6) is 11.5 Å². The topological polar surface area (TPSA) is 47.6 Å². The molecule has 2 aromatic carbocycles. The van der Waals surface area contributed by atoms with E-state index in [2.05, 4.69) is 5.32 Å². The van der Waals surface area contributed by atoms with Crippen molar-refractivity contribution in [2.24, 2.45) is 0 Å². The summed E-state index contributed by atoms with van der Waals surface area (Å²) in [5.74, 6) is 0.831. The van der Waals surface area contributed by atoms with Crippen LogP contribution in [-0.4, -0.2) is 20.1 Å². The smallest absolute Gasteiger partial charge is 0.259 e. The number of amides is 1. The molecule has 2 aromatic rings. The molecule has 0 radical (unpaired) electrons. The van der Waals surface area contributed by atoms with Gasteiger partial charge in [0.25, 0.3) is 5.91 Å². The Morgan fingerprint density at radius 3 is 2.33 bits per heavy atom. The van der Waals surface area contributed by atoms with Gasteiger partial charge in [-0.1, -0.05) is 23.2 Å². The second-order valence-corrected chi connectivity index (χ2v) is 4.91. The Bertz CT molecular complexity index is 671. The highest BCUT2D eigenvalue weighted by atomic mass is 35.5. The molecule has 0 atom stereocenters. The van der Waals surface area contributed by atoms with Gasteiger partial charge in [-0.3, -0.25) is 4.79 Å². The quantitative estimate of drug-likeness (QED) is 0.931. The molecule has 0 spiro atoms. The summed E-state index contributed by atoms with van der Waals surface area (Å²) < 4.78 is 10.3.